The highest BCUT2D eigenvalue weighted by Gasteiger charge is 2.26. The number of imidazole rings is 2. The van der Waals surface area contributed by atoms with E-state index in [4.69, 9.17) is 9.47 Å². The minimum atomic E-state index is 0.677. The lowest BCUT2D eigenvalue weighted by molar-refractivity contribution is -0.670. The van der Waals surface area contributed by atoms with E-state index in [0.717, 1.165) is 31.9 Å². The summed E-state index contributed by atoms with van der Waals surface area (Å²) in [7, 11) is 1.79. The molecule has 0 N–H and O–H groups in total. The lowest BCUT2D eigenvalue weighted by Gasteiger charge is -2.13. The first-order valence-electron chi connectivity index (χ1n) is 12.3. The van der Waals surface area contributed by atoms with Gasteiger partial charge in [0, 0.05) is 25.0 Å². The Kier molecular flexibility index (Phi) is 5.53. The number of ether oxygens (including phenoxy) is 2. The molecule has 6 heteroatoms. The predicted octanol–water partition coefficient (Wildman–Crippen LogP) is 3.92. The summed E-state index contributed by atoms with van der Waals surface area (Å²) in [6.45, 7) is 8.90. The van der Waals surface area contributed by atoms with Crippen LogP contribution in [0.4, 0.5) is 0 Å². The number of aromatic nitrogens is 4. The molecule has 1 aliphatic heterocycles. The minimum Gasteiger partial charge on any atom is -0.496 e. The third-order valence-electron chi connectivity index (χ3n) is 7.45. The van der Waals surface area contributed by atoms with E-state index < -0.39 is 0 Å². The van der Waals surface area contributed by atoms with Crippen LogP contribution in [-0.2, 0) is 30.9 Å². The van der Waals surface area contributed by atoms with Gasteiger partial charge in [-0.1, -0.05) is 42.5 Å². The SMILES string of the molecule is COc1c2cccc1C[n+]1c(C)n(c3ccccc31)CCOCCn1c(C)[n+](c3ccccc31)C2. The fourth-order valence-corrected chi connectivity index (χ4v) is 5.70. The van der Waals surface area contributed by atoms with Gasteiger partial charge in [0.1, 0.15) is 31.9 Å². The molecule has 0 spiro atoms. The summed E-state index contributed by atoms with van der Waals surface area (Å²) in [6.07, 6.45) is 0. The zero-order valence-corrected chi connectivity index (χ0v) is 20.7. The number of hydrogen-bond donors (Lipinski definition) is 0. The van der Waals surface area contributed by atoms with Crippen LogP contribution >= 0.6 is 0 Å². The van der Waals surface area contributed by atoms with E-state index in [2.05, 4.69) is 98.8 Å². The van der Waals surface area contributed by atoms with Crippen LogP contribution in [0.1, 0.15) is 22.8 Å². The number of nitrogens with zero attached hydrogens (tertiary/aromatic N) is 4. The van der Waals surface area contributed by atoms with Crippen LogP contribution in [0.2, 0.25) is 0 Å². The summed E-state index contributed by atoms with van der Waals surface area (Å²) >= 11 is 0. The van der Waals surface area contributed by atoms with Crippen molar-refractivity contribution in [3.05, 3.63) is 89.5 Å². The fourth-order valence-electron chi connectivity index (χ4n) is 5.70. The van der Waals surface area contributed by atoms with E-state index in [9.17, 15) is 0 Å². The van der Waals surface area contributed by atoms with Gasteiger partial charge in [-0.05, 0) is 24.3 Å². The van der Waals surface area contributed by atoms with Crippen molar-refractivity contribution >= 4 is 22.1 Å². The second-order valence-corrected chi connectivity index (χ2v) is 9.27. The molecular formula is C29H32N4O2+2. The monoisotopic (exact) mass is 468 g/mol. The number of fused-ring (bicyclic) bond motifs is 12. The number of rotatable bonds is 1. The van der Waals surface area contributed by atoms with Crippen LogP contribution in [0, 0.1) is 13.8 Å². The Balaban J connectivity index is 1.54. The van der Waals surface area contributed by atoms with Crippen LogP contribution in [0.25, 0.3) is 22.1 Å². The molecule has 0 saturated carbocycles. The molecule has 178 valence electrons. The van der Waals surface area contributed by atoms with Gasteiger partial charge in [-0.2, -0.15) is 0 Å². The summed E-state index contributed by atoms with van der Waals surface area (Å²) in [4.78, 5) is 0. The highest BCUT2D eigenvalue weighted by atomic mass is 16.5. The molecule has 35 heavy (non-hydrogen) atoms. The van der Waals surface area contributed by atoms with Crippen LogP contribution in [-0.4, -0.2) is 29.5 Å². The molecule has 1 aliphatic rings. The number of hydrogen-bond acceptors (Lipinski definition) is 2. The minimum absolute atomic E-state index is 0.677. The average Bonchev–Trinajstić information content (AvgIpc) is 3.29. The lowest BCUT2D eigenvalue weighted by atomic mass is 10.1. The normalized spacial score (nSPS) is 14.5. The van der Waals surface area contributed by atoms with E-state index in [1.165, 1.54) is 44.8 Å². The summed E-state index contributed by atoms with van der Waals surface area (Å²) in [5, 5.41) is 0. The molecule has 6 nitrogen and oxygen atoms in total. The van der Waals surface area contributed by atoms with E-state index in [1.54, 1.807) is 7.11 Å². The van der Waals surface area contributed by atoms with Crippen molar-refractivity contribution in [1.82, 2.24) is 9.13 Å². The van der Waals surface area contributed by atoms with Crippen molar-refractivity contribution in [3.8, 4) is 5.75 Å². The molecule has 0 radical (unpaired) electrons. The number of benzene rings is 3. The molecule has 6 bridgehead atoms. The van der Waals surface area contributed by atoms with Crippen molar-refractivity contribution in [2.75, 3.05) is 20.3 Å². The largest absolute Gasteiger partial charge is 0.496 e. The maximum absolute atomic E-state index is 6.17. The summed E-state index contributed by atoms with van der Waals surface area (Å²) in [5.74, 6) is 3.41. The van der Waals surface area contributed by atoms with Gasteiger partial charge in [-0.25, -0.2) is 18.3 Å². The predicted molar refractivity (Wildman–Crippen MR) is 136 cm³/mol. The van der Waals surface area contributed by atoms with Crippen LogP contribution < -0.4 is 13.9 Å². The Morgan fingerprint density at radius 2 is 1.17 bits per heavy atom. The molecule has 0 amide bonds. The van der Waals surface area contributed by atoms with Crippen molar-refractivity contribution in [3.63, 3.8) is 0 Å². The molecular weight excluding hydrogens is 436 g/mol. The third-order valence-corrected chi connectivity index (χ3v) is 7.45. The van der Waals surface area contributed by atoms with Crippen molar-refractivity contribution in [2.45, 2.75) is 40.0 Å². The van der Waals surface area contributed by atoms with Gasteiger partial charge in [0.15, 0.2) is 22.1 Å². The van der Waals surface area contributed by atoms with Crippen LogP contribution in [0.3, 0.4) is 0 Å². The Morgan fingerprint density at radius 3 is 1.66 bits per heavy atom. The average molecular weight is 469 g/mol. The van der Waals surface area contributed by atoms with Gasteiger partial charge in [-0.15, -0.1) is 0 Å². The first-order valence-corrected chi connectivity index (χ1v) is 12.3. The van der Waals surface area contributed by atoms with Crippen LogP contribution in [0.5, 0.6) is 5.75 Å². The molecule has 2 aromatic heterocycles. The maximum atomic E-state index is 6.17. The maximum Gasteiger partial charge on any atom is 0.254 e. The second kappa shape index (κ2) is 8.86. The highest BCUT2D eigenvalue weighted by molar-refractivity contribution is 5.73. The molecule has 0 saturated heterocycles. The first-order chi connectivity index (χ1) is 17.2. The lowest BCUT2D eigenvalue weighted by Crippen LogP contribution is -2.39. The van der Waals surface area contributed by atoms with Crippen molar-refractivity contribution in [2.24, 2.45) is 0 Å². The van der Waals surface area contributed by atoms with Gasteiger partial charge < -0.3 is 9.47 Å². The Labute approximate surface area is 205 Å². The topological polar surface area (TPSA) is 36.1 Å². The molecule has 3 heterocycles. The molecule has 0 aliphatic carbocycles. The number of methoxy groups -OCH3 is 1. The fraction of sp³-hybridized carbons (Fsp3) is 0.310. The molecule has 0 unspecified atom stereocenters. The molecule has 3 aromatic carbocycles. The quantitative estimate of drug-likeness (QED) is 0.350. The van der Waals surface area contributed by atoms with Gasteiger partial charge in [0.25, 0.3) is 11.6 Å². The molecule has 5 aromatic rings. The Morgan fingerprint density at radius 1 is 0.686 bits per heavy atom. The van der Waals surface area contributed by atoms with Gasteiger partial charge >= 0.3 is 0 Å². The Hall–Kier alpha value is -3.64. The molecule has 0 fully saturated rings. The zero-order chi connectivity index (χ0) is 23.9. The third kappa shape index (κ3) is 3.60. The van der Waals surface area contributed by atoms with Gasteiger partial charge in [-0.3, -0.25) is 0 Å². The summed E-state index contributed by atoms with van der Waals surface area (Å²) in [5.41, 5.74) is 7.31. The van der Waals surface area contributed by atoms with E-state index >= 15 is 0 Å². The second-order valence-electron chi connectivity index (χ2n) is 9.27. The summed E-state index contributed by atoms with van der Waals surface area (Å²) in [6, 6.07) is 23.8. The molecule has 6 rings (SSSR count). The standard InChI is InChI=1S/C29H32N4O2/c1-21-30-15-17-35-18-16-31-22(2)33(28-14-7-5-12-26(28)31)20-24-10-8-9-23(29(24)34-3)19-32(21)27-13-6-4-11-25(27)30/h4-14H,15-20H2,1-3H3/q+2. The first kappa shape index (κ1) is 21.9. The van der Waals surface area contributed by atoms with Gasteiger partial charge in [0.2, 0.25) is 0 Å². The highest BCUT2D eigenvalue weighted by Crippen LogP contribution is 2.26. The van der Waals surface area contributed by atoms with Crippen molar-refractivity contribution in [1.29, 1.82) is 0 Å². The Bertz CT molecular complexity index is 1440. The van der Waals surface area contributed by atoms with Crippen molar-refractivity contribution < 1.29 is 18.6 Å². The van der Waals surface area contributed by atoms with E-state index in [-0.39, 0.29) is 0 Å². The van der Waals surface area contributed by atoms with Crippen LogP contribution in [0.15, 0.2) is 66.7 Å². The number of para-hydroxylation sites is 5. The van der Waals surface area contributed by atoms with E-state index in [0.29, 0.717) is 13.2 Å². The summed E-state index contributed by atoms with van der Waals surface area (Å²) < 4.78 is 21.8. The molecule has 0 atom stereocenters. The van der Waals surface area contributed by atoms with E-state index in [1.807, 2.05) is 0 Å². The zero-order valence-electron chi connectivity index (χ0n) is 20.7. The van der Waals surface area contributed by atoms with Gasteiger partial charge in [0.05, 0.1) is 20.3 Å². The smallest absolute Gasteiger partial charge is 0.254 e.